The first kappa shape index (κ1) is 16.2. The number of aromatic nitrogens is 3. The Morgan fingerprint density at radius 3 is 2.96 bits per heavy atom. The molecule has 9 heteroatoms. The Kier molecular flexibility index (Phi) is 4.51. The van der Waals surface area contributed by atoms with Gasteiger partial charge < -0.3 is 8.98 Å². The lowest BCUT2D eigenvalue weighted by molar-refractivity contribution is 0.330. The predicted molar refractivity (Wildman–Crippen MR) is 83.6 cm³/mol. The number of furan rings is 1. The second-order valence-electron chi connectivity index (χ2n) is 5.58. The predicted octanol–water partition coefficient (Wildman–Crippen LogP) is 1.37. The third-order valence-electron chi connectivity index (χ3n) is 4.05. The Bertz CT molecular complexity index is 767. The van der Waals surface area contributed by atoms with Crippen LogP contribution in [0.4, 0.5) is 0 Å². The van der Waals surface area contributed by atoms with Crippen LogP contribution in [0.2, 0.25) is 0 Å². The van der Waals surface area contributed by atoms with Gasteiger partial charge in [0.2, 0.25) is 0 Å². The number of aryl methyl sites for hydroxylation is 2. The molecule has 1 saturated heterocycles. The lowest BCUT2D eigenvalue weighted by Gasteiger charge is -2.22. The van der Waals surface area contributed by atoms with Crippen LogP contribution in [-0.2, 0) is 23.3 Å². The molecular weight excluding hydrogens is 318 g/mol. The minimum absolute atomic E-state index is 0.122. The van der Waals surface area contributed by atoms with E-state index in [-0.39, 0.29) is 12.6 Å². The molecule has 2 aromatic rings. The fourth-order valence-corrected chi connectivity index (χ4v) is 4.25. The van der Waals surface area contributed by atoms with Crippen LogP contribution >= 0.6 is 0 Å². The standard InChI is InChI=1S/C14H21N5O3S/c1-3-18-10-15-17-14(18)9-16-23(20,21)19-8-4-5-12(19)13-7-6-11(2)22-13/h6-7,10,12,16H,3-5,8-9H2,1-2H3/t12-/m0/s1. The number of hydrogen-bond donors (Lipinski definition) is 1. The molecular formula is C14H21N5O3S. The molecule has 0 amide bonds. The lowest BCUT2D eigenvalue weighted by atomic mass is 10.2. The minimum Gasteiger partial charge on any atom is -0.465 e. The van der Waals surface area contributed by atoms with Crippen molar-refractivity contribution in [2.75, 3.05) is 6.54 Å². The summed E-state index contributed by atoms with van der Waals surface area (Å²) < 4.78 is 36.8. The summed E-state index contributed by atoms with van der Waals surface area (Å²) in [5, 5.41) is 7.75. The van der Waals surface area contributed by atoms with Crippen molar-refractivity contribution in [2.45, 2.75) is 45.8 Å². The highest BCUT2D eigenvalue weighted by Crippen LogP contribution is 2.34. The summed E-state index contributed by atoms with van der Waals surface area (Å²) in [5.74, 6) is 2.08. The zero-order chi connectivity index (χ0) is 16.4. The van der Waals surface area contributed by atoms with Gasteiger partial charge >= 0.3 is 0 Å². The number of rotatable bonds is 6. The molecule has 0 aromatic carbocycles. The van der Waals surface area contributed by atoms with E-state index < -0.39 is 10.2 Å². The number of nitrogens with zero attached hydrogens (tertiary/aromatic N) is 4. The van der Waals surface area contributed by atoms with Crippen molar-refractivity contribution in [2.24, 2.45) is 0 Å². The molecule has 1 atom stereocenters. The average molecular weight is 339 g/mol. The first-order valence-corrected chi connectivity index (χ1v) is 9.14. The highest BCUT2D eigenvalue weighted by molar-refractivity contribution is 7.87. The molecule has 126 valence electrons. The van der Waals surface area contributed by atoms with Gasteiger partial charge in [-0.3, -0.25) is 0 Å². The summed E-state index contributed by atoms with van der Waals surface area (Å²) in [6.45, 7) is 5.11. The molecule has 1 fully saturated rings. The summed E-state index contributed by atoms with van der Waals surface area (Å²) >= 11 is 0. The van der Waals surface area contributed by atoms with Crippen molar-refractivity contribution in [1.82, 2.24) is 23.8 Å². The Hall–Kier alpha value is -1.71. The summed E-state index contributed by atoms with van der Waals surface area (Å²) in [6, 6.07) is 3.46. The maximum absolute atomic E-state index is 12.6. The van der Waals surface area contributed by atoms with Gasteiger partial charge in [0.05, 0.1) is 12.6 Å². The Balaban J connectivity index is 1.73. The molecule has 23 heavy (non-hydrogen) atoms. The Morgan fingerprint density at radius 1 is 1.43 bits per heavy atom. The molecule has 2 aromatic heterocycles. The van der Waals surface area contributed by atoms with Gasteiger partial charge in [0.1, 0.15) is 23.7 Å². The Labute approximate surface area is 135 Å². The second-order valence-corrected chi connectivity index (χ2v) is 7.28. The molecule has 0 bridgehead atoms. The van der Waals surface area contributed by atoms with Crippen LogP contribution in [0.25, 0.3) is 0 Å². The van der Waals surface area contributed by atoms with Crippen LogP contribution in [0.3, 0.4) is 0 Å². The molecule has 0 spiro atoms. The van der Waals surface area contributed by atoms with Crippen LogP contribution in [0.15, 0.2) is 22.9 Å². The van der Waals surface area contributed by atoms with Crippen LogP contribution in [0.1, 0.15) is 43.2 Å². The molecule has 3 heterocycles. The summed E-state index contributed by atoms with van der Waals surface area (Å²) in [6.07, 6.45) is 3.17. The van der Waals surface area contributed by atoms with E-state index in [2.05, 4.69) is 14.9 Å². The van der Waals surface area contributed by atoms with Crippen LogP contribution in [-0.4, -0.2) is 34.0 Å². The van der Waals surface area contributed by atoms with E-state index in [1.807, 2.05) is 26.0 Å². The average Bonchev–Trinajstić information content (AvgIpc) is 3.24. The third kappa shape index (κ3) is 3.31. The van der Waals surface area contributed by atoms with E-state index in [4.69, 9.17) is 4.42 Å². The van der Waals surface area contributed by atoms with E-state index >= 15 is 0 Å². The first-order chi connectivity index (χ1) is 11.0. The molecule has 0 aliphatic carbocycles. The molecule has 1 N–H and O–H groups in total. The number of nitrogens with one attached hydrogen (secondary N) is 1. The lowest BCUT2D eigenvalue weighted by Crippen LogP contribution is -2.40. The molecule has 0 radical (unpaired) electrons. The maximum atomic E-state index is 12.6. The largest absolute Gasteiger partial charge is 0.465 e. The summed E-state index contributed by atoms with van der Waals surface area (Å²) in [5.41, 5.74) is 0. The summed E-state index contributed by atoms with van der Waals surface area (Å²) in [7, 11) is -3.61. The second kappa shape index (κ2) is 6.42. The SMILES string of the molecule is CCn1cnnc1CNS(=O)(=O)N1CCC[C@H]1c1ccc(C)o1. The monoisotopic (exact) mass is 339 g/mol. The van der Waals surface area contributed by atoms with E-state index in [1.54, 1.807) is 10.9 Å². The number of hydrogen-bond acceptors (Lipinski definition) is 5. The van der Waals surface area contributed by atoms with Crippen LogP contribution in [0.5, 0.6) is 0 Å². The van der Waals surface area contributed by atoms with Gasteiger partial charge in [-0.15, -0.1) is 10.2 Å². The van der Waals surface area contributed by atoms with Crippen LogP contribution < -0.4 is 4.72 Å². The van der Waals surface area contributed by atoms with Crippen LogP contribution in [0, 0.1) is 6.92 Å². The zero-order valence-electron chi connectivity index (χ0n) is 13.3. The third-order valence-corrected chi connectivity index (χ3v) is 5.61. The minimum atomic E-state index is -3.61. The van der Waals surface area contributed by atoms with Gasteiger partial charge in [0.25, 0.3) is 10.2 Å². The van der Waals surface area contributed by atoms with E-state index in [1.165, 1.54) is 4.31 Å². The fourth-order valence-electron chi connectivity index (χ4n) is 2.86. The normalized spacial score (nSPS) is 19.5. The van der Waals surface area contributed by atoms with Gasteiger partial charge in [-0.05, 0) is 38.8 Å². The molecule has 8 nitrogen and oxygen atoms in total. The van der Waals surface area contributed by atoms with Crippen molar-refractivity contribution >= 4 is 10.2 Å². The molecule has 1 aliphatic rings. The topological polar surface area (TPSA) is 93.3 Å². The van der Waals surface area contributed by atoms with Crippen molar-refractivity contribution in [3.63, 3.8) is 0 Å². The molecule has 3 rings (SSSR count). The van der Waals surface area contributed by atoms with Crippen molar-refractivity contribution in [1.29, 1.82) is 0 Å². The Morgan fingerprint density at radius 2 is 2.26 bits per heavy atom. The van der Waals surface area contributed by atoms with Crippen molar-refractivity contribution in [3.8, 4) is 0 Å². The zero-order valence-corrected chi connectivity index (χ0v) is 14.1. The highest BCUT2D eigenvalue weighted by atomic mass is 32.2. The smallest absolute Gasteiger partial charge is 0.280 e. The van der Waals surface area contributed by atoms with E-state index in [0.29, 0.717) is 24.7 Å². The van der Waals surface area contributed by atoms with Gasteiger partial charge in [-0.25, -0.2) is 0 Å². The molecule has 1 aliphatic heterocycles. The molecule has 0 unspecified atom stereocenters. The quantitative estimate of drug-likeness (QED) is 0.858. The fraction of sp³-hybridized carbons (Fsp3) is 0.571. The molecule has 0 saturated carbocycles. The van der Waals surface area contributed by atoms with Gasteiger partial charge in [0.15, 0.2) is 0 Å². The van der Waals surface area contributed by atoms with Crippen molar-refractivity contribution in [3.05, 3.63) is 35.8 Å². The highest BCUT2D eigenvalue weighted by Gasteiger charge is 2.36. The van der Waals surface area contributed by atoms with E-state index in [0.717, 1.165) is 18.6 Å². The maximum Gasteiger partial charge on any atom is 0.280 e. The van der Waals surface area contributed by atoms with Gasteiger partial charge in [-0.1, -0.05) is 0 Å². The summed E-state index contributed by atoms with van der Waals surface area (Å²) in [4.78, 5) is 0. The van der Waals surface area contributed by atoms with E-state index in [9.17, 15) is 8.42 Å². The van der Waals surface area contributed by atoms with Crippen molar-refractivity contribution < 1.29 is 12.8 Å². The van der Waals surface area contributed by atoms with Gasteiger partial charge in [-0.2, -0.15) is 17.4 Å². The van der Waals surface area contributed by atoms with Gasteiger partial charge in [0, 0.05) is 13.1 Å². The first-order valence-electron chi connectivity index (χ1n) is 7.70.